The van der Waals surface area contributed by atoms with Gasteiger partial charge in [0.05, 0.1) is 30.3 Å². The predicted octanol–water partition coefficient (Wildman–Crippen LogP) is -0.502. The van der Waals surface area contributed by atoms with Crippen LogP contribution in [0.4, 0.5) is 0 Å². The van der Waals surface area contributed by atoms with Crippen LogP contribution in [0, 0.1) is 5.41 Å². The maximum Gasteiger partial charge on any atom is 0.0705 e. The number of hydrogen-bond donors (Lipinski definition) is 4. The molecule has 0 fully saturated rings. The minimum atomic E-state index is -1.23. The Balaban J connectivity index is 4.86. The van der Waals surface area contributed by atoms with E-state index in [1.54, 1.807) is 6.92 Å². The van der Waals surface area contributed by atoms with Gasteiger partial charge in [-0.3, -0.25) is 0 Å². The van der Waals surface area contributed by atoms with Gasteiger partial charge in [0.15, 0.2) is 0 Å². The van der Waals surface area contributed by atoms with Gasteiger partial charge in [0, 0.05) is 0 Å². The van der Waals surface area contributed by atoms with Gasteiger partial charge in [0.1, 0.15) is 0 Å². The molecule has 0 aromatic rings. The molecule has 3 atom stereocenters. The Bertz CT molecular complexity index is 137. The van der Waals surface area contributed by atoms with Crippen LogP contribution in [0.25, 0.3) is 0 Å². The van der Waals surface area contributed by atoms with Crippen molar-refractivity contribution < 1.29 is 20.4 Å². The highest BCUT2D eigenvalue weighted by Gasteiger charge is 2.45. The zero-order chi connectivity index (χ0) is 10.6. The molecule has 0 saturated carbocycles. The van der Waals surface area contributed by atoms with Crippen LogP contribution in [0.2, 0.25) is 0 Å². The smallest absolute Gasteiger partial charge is 0.0705 e. The Morgan fingerprint density at radius 3 is 1.54 bits per heavy atom. The standard InChI is InChI=1S/C9H20O4/c1-4-8(13)9(5-10,6(2)11)7(3)12/h6-8,10-13H,4-5H2,1-3H3. The van der Waals surface area contributed by atoms with Crippen LogP contribution in [-0.4, -0.2) is 45.3 Å². The van der Waals surface area contributed by atoms with E-state index in [4.69, 9.17) is 5.11 Å². The maximum atomic E-state index is 9.63. The lowest BCUT2D eigenvalue weighted by molar-refractivity contribution is -0.151. The predicted molar refractivity (Wildman–Crippen MR) is 49.2 cm³/mol. The lowest BCUT2D eigenvalue weighted by Gasteiger charge is -2.41. The summed E-state index contributed by atoms with van der Waals surface area (Å²) in [5.41, 5.74) is -1.23. The molecule has 0 rings (SSSR count). The largest absolute Gasteiger partial charge is 0.395 e. The number of aliphatic hydroxyl groups is 4. The van der Waals surface area contributed by atoms with Crippen LogP contribution in [0.5, 0.6) is 0 Å². The molecule has 0 heterocycles. The molecule has 0 aliphatic heterocycles. The van der Waals surface area contributed by atoms with Crippen molar-refractivity contribution in [3.63, 3.8) is 0 Å². The summed E-state index contributed by atoms with van der Waals surface area (Å²) in [6, 6.07) is 0. The molecular weight excluding hydrogens is 172 g/mol. The van der Waals surface area contributed by atoms with Crippen LogP contribution in [-0.2, 0) is 0 Å². The molecule has 0 spiro atoms. The van der Waals surface area contributed by atoms with Crippen molar-refractivity contribution in [3.8, 4) is 0 Å². The molecule has 0 aliphatic rings. The van der Waals surface area contributed by atoms with Crippen LogP contribution < -0.4 is 0 Å². The van der Waals surface area contributed by atoms with E-state index in [1.807, 2.05) is 0 Å². The summed E-state index contributed by atoms with van der Waals surface area (Å²) >= 11 is 0. The summed E-state index contributed by atoms with van der Waals surface area (Å²) in [6.07, 6.45) is -2.42. The molecule has 0 amide bonds. The summed E-state index contributed by atoms with van der Waals surface area (Å²) < 4.78 is 0. The summed E-state index contributed by atoms with van der Waals surface area (Å²) in [7, 11) is 0. The van der Waals surface area contributed by atoms with Gasteiger partial charge in [-0.05, 0) is 20.3 Å². The lowest BCUT2D eigenvalue weighted by Crippen LogP contribution is -2.54. The highest BCUT2D eigenvalue weighted by Crippen LogP contribution is 2.32. The van der Waals surface area contributed by atoms with Gasteiger partial charge in [-0.15, -0.1) is 0 Å². The Hall–Kier alpha value is -0.160. The minimum absolute atomic E-state index is 0.385. The summed E-state index contributed by atoms with van der Waals surface area (Å²) in [5.74, 6) is 0. The molecule has 0 bridgehead atoms. The zero-order valence-corrected chi connectivity index (χ0v) is 8.44. The van der Waals surface area contributed by atoms with Crippen molar-refractivity contribution in [1.82, 2.24) is 0 Å². The quantitative estimate of drug-likeness (QED) is 0.473. The van der Waals surface area contributed by atoms with Gasteiger partial charge >= 0.3 is 0 Å². The first-order valence-electron chi connectivity index (χ1n) is 4.58. The molecule has 3 unspecified atom stereocenters. The third-order valence-electron chi connectivity index (χ3n) is 2.84. The van der Waals surface area contributed by atoms with E-state index in [9.17, 15) is 15.3 Å². The van der Waals surface area contributed by atoms with Crippen molar-refractivity contribution >= 4 is 0 Å². The fraction of sp³-hybridized carbons (Fsp3) is 1.00. The summed E-state index contributed by atoms with van der Waals surface area (Å²) in [4.78, 5) is 0. The molecule has 0 aliphatic carbocycles. The van der Waals surface area contributed by atoms with Crippen molar-refractivity contribution in [1.29, 1.82) is 0 Å². The monoisotopic (exact) mass is 192 g/mol. The van der Waals surface area contributed by atoms with Crippen LogP contribution in [0.3, 0.4) is 0 Å². The first-order valence-corrected chi connectivity index (χ1v) is 4.58. The Labute approximate surface area is 78.8 Å². The molecule has 0 saturated heterocycles. The van der Waals surface area contributed by atoms with Gasteiger partial charge in [0.2, 0.25) is 0 Å². The topological polar surface area (TPSA) is 80.9 Å². The normalized spacial score (nSPS) is 23.3. The maximum absolute atomic E-state index is 9.63. The van der Waals surface area contributed by atoms with E-state index in [1.165, 1.54) is 13.8 Å². The SMILES string of the molecule is CCC(O)C(CO)(C(C)O)C(C)O. The Morgan fingerprint density at radius 1 is 1.08 bits per heavy atom. The van der Waals surface area contributed by atoms with Gasteiger partial charge in [-0.1, -0.05) is 6.92 Å². The third-order valence-corrected chi connectivity index (χ3v) is 2.84. The second-order valence-corrected chi connectivity index (χ2v) is 3.55. The average Bonchev–Trinajstić information content (AvgIpc) is 2.04. The van der Waals surface area contributed by atoms with E-state index >= 15 is 0 Å². The highest BCUT2D eigenvalue weighted by atomic mass is 16.3. The molecule has 0 radical (unpaired) electrons. The molecule has 80 valence electrons. The number of aliphatic hydroxyl groups excluding tert-OH is 4. The van der Waals surface area contributed by atoms with E-state index < -0.39 is 30.3 Å². The third kappa shape index (κ3) is 2.20. The first-order chi connectivity index (χ1) is 5.93. The zero-order valence-electron chi connectivity index (χ0n) is 8.44. The van der Waals surface area contributed by atoms with Gasteiger partial charge in [0.25, 0.3) is 0 Å². The highest BCUT2D eigenvalue weighted by molar-refractivity contribution is 4.94. The number of rotatable bonds is 5. The minimum Gasteiger partial charge on any atom is -0.395 e. The Kier molecular flexibility index (Phi) is 4.85. The fourth-order valence-corrected chi connectivity index (χ4v) is 1.66. The number of hydrogen-bond acceptors (Lipinski definition) is 4. The van der Waals surface area contributed by atoms with Crippen LogP contribution in [0.1, 0.15) is 27.2 Å². The van der Waals surface area contributed by atoms with Crippen LogP contribution in [0.15, 0.2) is 0 Å². The summed E-state index contributed by atoms with van der Waals surface area (Å²) in [6.45, 7) is 4.22. The average molecular weight is 192 g/mol. The fourth-order valence-electron chi connectivity index (χ4n) is 1.66. The van der Waals surface area contributed by atoms with Gasteiger partial charge in [-0.2, -0.15) is 0 Å². The van der Waals surface area contributed by atoms with Gasteiger partial charge in [-0.25, -0.2) is 0 Å². The molecular formula is C9H20O4. The van der Waals surface area contributed by atoms with Crippen molar-refractivity contribution in [2.45, 2.75) is 45.5 Å². The van der Waals surface area contributed by atoms with Crippen LogP contribution >= 0.6 is 0 Å². The second kappa shape index (κ2) is 4.91. The van der Waals surface area contributed by atoms with Crippen molar-refractivity contribution in [2.24, 2.45) is 5.41 Å². The van der Waals surface area contributed by atoms with E-state index in [-0.39, 0.29) is 0 Å². The first kappa shape index (κ1) is 12.8. The second-order valence-electron chi connectivity index (χ2n) is 3.55. The molecule has 13 heavy (non-hydrogen) atoms. The molecule has 4 nitrogen and oxygen atoms in total. The summed E-state index contributed by atoms with van der Waals surface area (Å²) in [5, 5.41) is 37.7. The van der Waals surface area contributed by atoms with E-state index in [0.29, 0.717) is 6.42 Å². The van der Waals surface area contributed by atoms with Crippen molar-refractivity contribution in [2.75, 3.05) is 6.61 Å². The molecule has 0 aromatic heterocycles. The lowest BCUT2D eigenvalue weighted by atomic mass is 9.73. The van der Waals surface area contributed by atoms with E-state index in [2.05, 4.69) is 0 Å². The van der Waals surface area contributed by atoms with Crippen molar-refractivity contribution in [3.05, 3.63) is 0 Å². The molecule has 4 heteroatoms. The van der Waals surface area contributed by atoms with E-state index in [0.717, 1.165) is 0 Å². The Morgan fingerprint density at radius 2 is 1.46 bits per heavy atom. The molecule has 0 aromatic carbocycles. The van der Waals surface area contributed by atoms with Gasteiger partial charge < -0.3 is 20.4 Å². The molecule has 4 N–H and O–H groups in total.